The molecule has 3 N–H and O–H groups in total. The number of rotatable bonds is 4. The molecule has 0 aliphatic heterocycles. The number of aryl methyl sites for hydroxylation is 2. The highest BCUT2D eigenvalue weighted by Gasteiger charge is 2.25. The van der Waals surface area contributed by atoms with Crippen LogP contribution in [0.2, 0.25) is 0 Å². The standard InChI is InChI=1S/C17H20N2O2.CH4O/c1-3-12-8-16(19-18-12)15-9-13(17(20)21)10(2)7-14(15)11-5-4-6-11;1-2/h7-9,11H,3-6H2,1-2H3,(H,18,19)(H,20,21);2H,1H3. The Kier molecular flexibility index (Phi) is 5.55. The number of aromatic nitrogens is 2. The number of H-pyrrole nitrogens is 1. The van der Waals surface area contributed by atoms with Gasteiger partial charge in [0.2, 0.25) is 0 Å². The highest BCUT2D eigenvalue weighted by atomic mass is 16.4. The number of aromatic amines is 1. The maximum Gasteiger partial charge on any atom is 0.335 e. The van der Waals surface area contributed by atoms with Gasteiger partial charge in [0, 0.05) is 18.4 Å². The summed E-state index contributed by atoms with van der Waals surface area (Å²) in [5, 5.41) is 23.8. The second-order valence-electron chi connectivity index (χ2n) is 5.82. The summed E-state index contributed by atoms with van der Waals surface area (Å²) >= 11 is 0. The number of carboxylic acids is 1. The minimum Gasteiger partial charge on any atom is -0.478 e. The minimum absolute atomic E-state index is 0.370. The van der Waals surface area contributed by atoms with Crippen LogP contribution in [0.15, 0.2) is 18.2 Å². The number of carboxylic acid groups (broad SMARTS) is 1. The fourth-order valence-electron chi connectivity index (χ4n) is 2.92. The number of benzene rings is 1. The van der Waals surface area contributed by atoms with Crippen LogP contribution in [0.5, 0.6) is 0 Å². The van der Waals surface area contributed by atoms with Gasteiger partial charge in [0.1, 0.15) is 0 Å². The zero-order valence-electron chi connectivity index (χ0n) is 13.9. The van der Waals surface area contributed by atoms with Gasteiger partial charge in [0.05, 0.1) is 11.3 Å². The van der Waals surface area contributed by atoms with Crippen LogP contribution < -0.4 is 0 Å². The first-order chi connectivity index (χ1) is 11.1. The van der Waals surface area contributed by atoms with Gasteiger partial charge < -0.3 is 10.2 Å². The molecule has 0 atom stereocenters. The van der Waals surface area contributed by atoms with Crippen molar-refractivity contribution in [3.8, 4) is 11.3 Å². The molecule has 1 fully saturated rings. The third-order valence-corrected chi connectivity index (χ3v) is 4.46. The first kappa shape index (κ1) is 17.2. The zero-order valence-corrected chi connectivity index (χ0v) is 13.9. The molecule has 2 aromatic rings. The largest absolute Gasteiger partial charge is 0.478 e. The summed E-state index contributed by atoms with van der Waals surface area (Å²) in [6.45, 7) is 3.94. The molecular formula is C18H24N2O3. The monoisotopic (exact) mass is 316 g/mol. The SMILES string of the molecule is CCc1cc(-c2cc(C(=O)O)c(C)cc2C2CCC2)n[nH]1.CO. The van der Waals surface area contributed by atoms with Crippen LogP contribution in [0.3, 0.4) is 0 Å². The van der Waals surface area contributed by atoms with E-state index in [1.54, 1.807) is 6.07 Å². The zero-order chi connectivity index (χ0) is 17.0. The molecule has 1 heterocycles. The number of hydrogen-bond donors (Lipinski definition) is 3. The summed E-state index contributed by atoms with van der Waals surface area (Å²) in [7, 11) is 1.00. The molecule has 1 aromatic heterocycles. The van der Waals surface area contributed by atoms with Crippen molar-refractivity contribution < 1.29 is 15.0 Å². The summed E-state index contributed by atoms with van der Waals surface area (Å²) in [6.07, 6.45) is 4.52. The molecule has 1 aromatic carbocycles. The van der Waals surface area contributed by atoms with Crippen molar-refractivity contribution in [3.05, 3.63) is 40.6 Å². The van der Waals surface area contributed by atoms with Crippen LogP contribution in [-0.2, 0) is 6.42 Å². The summed E-state index contributed by atoms with van der Waals surface area (Å²) in [5.74, 6) is -0.330. The van der Waals surface area contributed by atoms with Crippen molar-refractivity contribution in [1.82, 2.24) is 10.2 Å². The number of nitrogens with one attached hydrogen (secondary N) is 1. The van der Waals surface area contributed by atoms with Gasteiger partial charge in [-0.1, -0.05) is 19.4 Å². The average Bonchev–Trinajstić information content (AvgIpc) is 2.96. The lowest BCUT2D eigenvalue weighted by molar-refractivity contribution is 0.0696. The second-order valence-corrected chi connectivity index (χ2v) is 5.82. The maximum atomic E-state index is 11.4. The predicted molar refractivity (Wildman–Crippen MR) is 89.8 cm³/mol. The first-order valence-corrected chi connectivity index (χ1v) is 7.97. The molecule has 0 saturated heterocycles. The van der Waals surface area contributed by atoms with E-state index in [0.29, 0.717) is 11.5 Å². The van der Waals surface area contributed by atoms with Crippen LogP contribution in [0.4, 0.5) is 0 Å². The van der Waals surface area contributed by atoms with Crippen molar-refractivity contribution in [2.45, 2.75) is 45.4 Å². The topological polar surface area (TPSA) is 86.2 Å². The van der Waals surface area contributed by atoms with Crippen molar-refractivity contribution in [2.24, 2.45) is 0 Å². The van der Waals surface area contributed by atoms with Crippen molar-refractivity contribution in [1.29, 1.82) is 0 Å². The van der Waals surface area contributed by atoms with E-state index in [-0.39, 0.29) is 0 Å². The molecule has 23 heavy (non-hydrogen) atoms. The lowest BCUT2D eigenvalue weighted by Crippen LogP contribution is -2.12. The van der Waals surface area contributed by atoms with Gasteiger partial charge in [-0.05, 0) is 55.4 Å². The quantitative estimate of drug-likeness (QED) is 0.805. The molecule has 124 valence electrons. The number of aliphatic hydroxyl groups is 1. The smallest absolute Gasteiger partial charge is 0.335 e. The fraction of sp³-hybridized carbons (Fsp3) is 0.444. The van der Waals surface area contributed by atoms with Crippen LogP contribution in [0.1, 0.15) is 59.3 Å². The van der Waals surface area contributed by atoms with E-state index in [9.17, 15) is 9.90 Å². The Hall–Kier alpha value is -2.14. The van der Waals surface area contributed by atoms with Gasteiger partial charge in [0.25, 0.3) is 0 Å². The molecule has 0 radical (unpaired) electrons. The number of hydrogen-bond acceptors (Lipinski definition) is 3. The number of carbonyl (C=O) groups is 1. The van der Waals surface area contributed by atoms with Crippen LogP contribution in [0, 0.1) is 6.92 Å². The van der Waals surface area contributed by atoms with Gasteiger partial charge in [0.15, 0.2) is 0 Å². The molecule has 5 heteroatoms. The molecule has 0 spiro atoms. The number of nitrogens with zero attached hydrogens (tertiary/aromatic N) is 1. The van der Waals surface area contributed by atoms with Crippen LogP contribution in [-0.4, -0.2) is 33.5 Å². The van der Waals surface area contributed by atoms with Gasteiger partial charge in [-0.3, -0.25) is 5.10 Å². The van der Waals surface area contributed by atoms with Crippen molar-refractivity contribution in [2.75, 3.05) is 7.11 Å². The average molecular weight is 316 g/mol. The summed E-state index contributed by atoms with van der Waals surface area (Å²) in [5.41, 5.74) is 5.35. The fourth-order valence-corrected chi connectivity index (χ4v) is 2.92. The summed E-state index contributed by atoms with van der Waals surface area (Å²) in [6, 6.07) is 5.86. The van der Waals surface area contributed by atoms with Gasteiger partial charge >= 0.3 is 5.97 Å². The lowest BCUT2D eigenvalue weighted by atomic mass is 9.76. The van der Waals surface area contributed by atoms with Crippen LogP contribution >= 0.6 is 0 Å². The Morgan fingerprint density at radius 1 is 1.30 bits per heavy atom. The van der Waals surface area contributed by atoms with E-state index in [1.807, 2.05) is 19.1 Å². The Morgan fingerprint density at radius 2 is 2.00 bits per heavy atom. The highest BCUT2D eigenvalue weighted by Crippen LogP contribution is 2.42. The Balaban J connectivity index is 0.000000924. The molecule has 5 nitrogen and oxygen atoms in total. The first-order valence-electron chi connectivity index (χ1n) is 7.97. The Labute approximate surface area is 136 Å². The molecule has 0 bridgehead atoms. The number of aliphatic hydroxyl groups excluding tert-OH is 1. The van der Waals surface area contributed by atoms with Gasteiger partial charge in [-0.25, -0.2) is 4.79 Å². The number of aromatic carboxylic acids is 1. The molecular weight excluding hydrogens is 292 g/mol. The Morgan fingerprint density at radius 3 is 2.48 bits per heavy atom. The molecule has 0 unspecified atom stereocenters. The molecule has 1 saturated carbocycles. The molecule has 3 rings (SSSR count). The normalized spacial score (nSPS) is 13.9. The van der Waals surface area contributed by atoms with E-state index in [4.69, 9.17) is 5.11 Å². The lowest BCUT2D eigenvalue weighted by Gasteiger charge is -2.28. The summed E-state index contributed by atoms with van der Waals surface area (Å²) in [4.78, 5) is 11.4. The van der Waals surface area contributed by atoms with E-state index < -0.39 is 5.97 Å². The van der Waals surface area contributed by atoms with E-state index in [2.05, 4.69) is 17.1 Å². The minimum atomic E-state index is -0.875. The Bertz CT molecular complexity index is 688. The molecule has 1 aliphatic rings. The highest BCUT2D eigenvalue weighted by molar-refractivity contribution is 5.91. The predicted octanol–water partition coefficient (Wildman–Crippen LogP) is 3.52. The van der Waals surface area contributed by atoms with E-state index in [1.165, 1.54) is 24.8 Å². The van der Waals surface area contributed by atoms with Crippen LogP contribution in [0.25, 0.3) is 11.3 Å². The van der Waals surface area contributed by atoms with E-state index in [0.717, 1.165) is 36.0 Å². The molecule has 1 aliphatic carbocycles. The van der Waals surface area contributed by atoms with E-state index >= 15 is 0 Å². The van der Waals surface area contributed by atoms with Gasteiger partial charge in [-0.2, -0.15) is 5.10 Å². The molecule has 0 amide bonds. The second kappa shape index (κ2) is 7.42. The van der Waals surface area contributed by atoms with Gasteiger partial charge in [-0.15, -0.1) is 0 Å². The summed E-state index contributed by atoms with van der Waals surface area (Å²) < 4.78 is 0. The third kappa shape index (κ3) is 3.45. The third-order valence-electron chi connectivity index (χ3n) is 4.46. The maximum absolute atomic E-state index is 11.4. The van der Waals surface area contributed by atoms with Crippen molar-refractivity contribution in [3.63, 3.8) is 0 Å². The van der Waals surface area contributed by atoms with Crippen molar-refractivity contribution >= 4 is 5.97 Å².